The minimum Gasteiger partial charge on any atom is -0.486 e. The van der Waals surface area contributed by atoms with Crippen LogP contribution in [-0.4, -0.2) is 29.3 Å². The highest BCUT2D eigenvalue weighted by Crippen LogP contribution is 2.36. The molecule has 94 valence electrons. The summed E-state index contributed by atoms with van der Waals surface area (Å²) in [6.45, 7) is 2.94. The van der Waals surface area contributed by atoms with E-state index in [4.69, 9.17) is 14.6 Å². The Labute approximate surface area is 103 Å². The highest BCUT2D eigenvalue weighted by molar-refractivity contribution is 5.90. The van der Waals surface area contributed by atoms with Crippen molar-refractivity contribution in [3.63, 3.8) is 0 Å². The summed E-state index contributed by atoms with van der Waals surface area (Å²) in [6, 6.07) is 3.72. The van der Waals surface area contributed by atoms with Crippen LogP contribution in [-0.2, 0) is 11.2 Å². The van der Waals surface area contributed by atoms with Crippen LogP contribution in [0.25, 0.3) is 10.9 Å². The number of benzene rings is 1. The van der Waals surface area contributed by atoms with E-state index >= 15 is 0 Å². The van der Waals surface area contributed by atoms with Gasteiger partial charge in [-0.2, -0.15) is 0 Å². The minimum atomic E-state index is -0.839. The molecule has 5 nitrogen and oxygen atoms in total. The quantitative estimate of drug-likeness (QED) is 0.849. The summed E-state index contributed by atoms with van der Waals surface area (Å²) in [4.78, 5) is 14.1. The second kappa shape index (κ2) is 3.94. The van der Waals surface area contributed by atoms with Crippen molar-refractivity contribution < 1.29 is 19.4 Å². The molecule has 0 saturated carbocycles. The molecule has 18 heavy (non-hydrogen) atoms. The molecule has 1 aliphatic heterocycles. The van der Waals surface area contributed by atoms with Gasteiger partial charge < -0.3 is 19.6 Å². The summed E-state index contributed by atoms with van der Waals surface area (Å²) in [5.74, 6) is 0.546. The third kappa shape index (κ3) is 1.68. The zero-order valence-corrected chi connectivity index (χ0v) is 9.95. The zero-order chi connectivity index (χ0) is 12.7. The van der Waals surface area contributed by atoms with Crippen LogP contribution in [0.3, 0.4) is 0 Å². The van der Waals surface area contributed by atoms with Crippen molar-refractivity contribution in [2.45, 2.75) is 13.3 Å². The first-order valence-corrected chi connectivity index (χ1v) is 5.78. The SMILES string of the molecule is Cc1[nH]c2cc3c(cc2c1CC(=O)O)OCCO3. The number of aryl methyl sites for hydroxylation is 1. The number of aromatic nitrogens is 1. The molecule has 5 heteroatoms. The first kappa shape index (κ1) is 11.0. The molecule has 0 atom stereocenters. The number of hydrogen-bond donors (Lipinski definition) is 2. The number of H-pyrrole nitrogens is 1. The second-order valence-corrected chi connectivity index (χ2v) is 4.34. The molecular weight excluding hydrogens is 234 g/mol. The van der Waals surface area contributed by atoms with Crippen molar-refractivity contribution in [2.24, 2.45) is 0 Å². The van der Waals surface area contributed by atoms with Gasteiger partial charge in [0.05, 0.1) is 6.42 Å². The molecule has 0 spiro atoms. The van der Waals surface area contributed by atoms with E-state index < -0.39 is 5.97 Å². The van der Waals surface area contributed by atoms with Gasteiger partial charge in [-0.3, -0.25) is 4.79 Å². The second-order valence-electron chi connectivity index (χ2n) is 4.34. The molecule has 0 aliphatic carbocycles. The lowest BCUT2D eigenvalue weighted by Gasteiger charge is -2.18. The smallest absolute Gasteiger partial charge is 0.307 e. The van der Waals surface area contributed by atoms with Crippen LogP contribution in [0.15, 0.2) is 12.1 Å². The summed E-state index contributed by atoms with van der Waals surface area (Å²) in [6.07, 6.45) is 0.00543. The lowest BCUT2D eigenvalue weighted by molar-refractivity contribution is -0.136. The molecule has 0 radical (unpaired) electrons. The van der Waals surface area contributed by atoms with Gasteiger partial charge in [0.2, 0.25) is 0 Å². The molecule has 1 aromatic carbocycles. The Balaban J connectivity index is 2.18. The molecular formula is C13H13NO4. The van der Waals surface area contributed by atoms with Crippen molar-refractivity contribution in [1.82, 2.24) is 4.98 Å². The maximum atomic E-state index is 10.9. The van der Waals surface area contributed by atoms with Gasteiger partial charge in [-0.1, -0.05) is 0 Å². The van der Waals surface area contributed by atoms with E-state index in [9.17, 15) is 4.79 Å². The zero-order valence-electron chi connectivity index (χ0n) is 9.95. The molecule has 1 aromatic heterocycles. The fourth-order valence-corrected chi connectivity index (χ4v) is 2.30. The minimum absolute atomic E-state index is 0.00543. The Bertz CT molecular complexity index is 629. The lowest BCUT2D eigenvalue weighted by atomic mass is 10.1. The van der Waals surface area contributed by atoms with Crippen LogP contribution in [0.4, 0.5) is 0 Å². The van der Waals surface area contributed by atoms with Crippen molar-refractivity contribution in [3.05, 3.63) is 23.4 Å². The number of aliphatic carboxylic acids is 1. The Morgan fingerprint density at radius 2 is 2.00 bits per heavy atom. The Morgan fingerprint density at radius 3 is 2.67 bits per heavy atom. The summed E-state index contributed by atoms with van der Waals surface area (Å²) in [5.41, 5.74) is 2.55. The average molecular weight is 247 g/mol. The molecule has 0 fully saturated rings. The fourth-order valence-electron chi connectivity index (χ4n) is 2.30. The Kier molecular flexibility index (Phi) is 2.40. The molecule has 0 unspecified atom stereocenters. The third-order valence-corrected chi connectivity index (χ3v) is 3.11. The Morgan fingerprint density at radius 1 is 1.33 bits per heavy atom. The third-order valence-electron chi connectivity index (χ3n) is 3.11. The number of carboxylic acids is 1. The number of hydrogen-bond acceptors (Lipinski definition) is 3. The van der Waals surface area contributed by atoms with Crippen molar-refractivity contribution in [1.29, 1.82) is 0 Å². The predicted molar refractivity (Wildman–Crippen MR) is 65.4 cm³/mol. The van der Waals surface area contributed by atoms with Gasteiger partial charge in [-0.25, -0.2) is 0 Å². The molecule has 2 N–H and O–H groups in total. The standard InChI is InChI=1S/C13H13NO4/c1-7-8(5-13(15)16)9-4-11-12(6-10(9)14-7)18-3-2-17-11/h4,6,14H,2-3,5H2,1H3,(H,15,16). The van der Waals surface area contributed by atoms with E-state index in [1.54, 1.807) is 0 Å². The molecule has 0 amide bonds. The van der Waals surface area contributed by atoms with E-state index in [2.05, 4.69) is 4.98 Å². The molecule has 3 rings (SSSR count). The van der Waals surface area contributed by atoms with Gasteiger partial charge >= 0.3 is 5.97 Å². The number of carboxylic acid groups (broad SMARTS) is 1. The number of fused-ring (bicyclic) bond motifs is 2. The molecule has 0 bridgehead atoms. The van der Waals surface area contributed by atoms with Crippen LogP contribution >= 0.6 is 0 Å². The maximum absolute atomic E-state index is 10.9. The first-order chi connectivity index (χ1) is 8.65. The van der Waals surface area contributed by atoms with E-state index in [1.165, 1.54) is 0 Å². The van der Waals surface area contributed by atoms with E-state index in [1.807, 2.05) is 19.1 Å². The first-order valence-electron chi connectivity index (χ1n) is 5.78. The summed E-state index contributed by atoms with van der Waals surface area (Å²) in [5, 5.41) is 9.83. The molecule has 1 aliphatic rings. The largest absolute Gasteiger partial charge is 0.486 e. The van der Waals surface area contributed by atoms with Crippen molar-refractivity contribution >= 4 is 16.9 Å². The molecule has 2 aromatic rings. The highest BCUT2D eigenvalue weighted by Gasteiger charge is 2.17. The van der Waals surface area contributed by atoms with Gasteiger partial charge in [0.15, 0.2) is 11.5 Å². The number of rotatable bonds is 2. The highest BCUT2D eigenvalue weighted by atomic mass is 16.6. The normalized spacial score (nSPS) is 13.8. The topological polar surface area (TPSA) is 71.6 Å². The van der Waals surface area contributed by atoms with Crippen LogP contribution < -0.4 is 9.47 Å². The number of nitrogens with one attached hydrogen (secondary N) is 1. The number of aromatic amines is 1. The van der Waals surface area contributed by atoms with Gasteiger partial charge in [0, 0.05) is 22.7 Å². The van der Waals surface area contributed by atoms with Crippen LogP contribution in [0, 0.1) is 6.92 Å². The van der Waals surface area contributed by atoms with Crippen LogP contribution in [0.2, 0.25) is 0 Å². The van der Waals surface area contributed by atoms with Gasteiger partial charge in [0.25, 0.3) is 0 Å². The molecule has 2 heterocycles. The Hall–Kier alpha value is -2.17. The maximum Gasteiger partial charge on any atom is 0.307 e. The predicted octanol–water partition coefficient (Wildman–Crippen LogP) is 1.87. The fraction of sp³-hybridized carbons (Fsp3) is 0.308. The van der Waals surface area contributed by atoms with E-state index in [0.29, 0.717) is 24.7 Å². The summed E-state index contributed by atoms with van der Waals surface area (Å²) in [7, 11) is 0. The van der Waals surface area contributed by atoms with Crippen LogP contribution in [0.5, 0.6) is 11.5 Å². The van der Waals surface area contributed by atoms with Gasteiger partial charge in [-0.05, 0) is 18.6 Å². The lowest BCUT2D eigenvalue weighted by Crippen LogP contribution is -2.15. The van der Waals surface area contributed by atoms with Crippen LogP contribution in [0.1, 0.15) is 11.3 Å². The monoisotopic (exact) mass is 247 g/mol. The van der Waals surface area contributed by atoms with E-state index in [0.717, 1.165) is 22.2 Å². The van der Waals surface area contributed by atoms with Gasteiger partial charge in [-0.15, -0.1) is 0 Å². The van der Waals surface area contributed by atoms with Crippen molar-refractivity contribution in [2.75, 3.05) is 13.2 Å². The van der Waals surface area contributed by atoms with Gasteiger partial charge in [0.1, 0.15) is 13.2 Å². The molecule has 0 saturated heterocycles. The number of ether oxygens (including phenoxy) is 2. The average Bonchev–Trinajstić information content (AvgIpc) is 2.62. The number of carbonyl (C=O) groups is 1. The van der Waals surface area contributed by atoms with E-state index in [-0.39, 0.29) is 6.42 Å². The summed E-state index contributed by atoms with van der Waals surface area (Å²) >= 11 is 0. The van der Waals surface area contributed by atoms with Crippen molar-refractivity contribution in [3.8, 4) is 11.5 Å². The summed E-state index contributed by atoms with van der Waals surface area (Å²) < 4.78 is 11.0.